The Kier molecular flexibility index (Phi) is 5.98. The molecule has 3 fully saturated rings. The summed E-state index contributed by atoms with van der Waals surface area (Å²) < 4.78 is 5.36. The molecule has 5 heteroatoms. The highest BCUT2D eigenvalue weighted by Gasteiger charge is 2.33. The lowest BCUT2D eigenvalue weighted by Crippen LogP contribution is -2.55. The van der Waals surface area contributed by atoms with Crippen molar-refractivity contribution >= 4 is 11.5 Å². The van der Waals surface area contributed by atoms with Crippen LogP contribution in [0.25, 0.3) is 0 Å². The summed E-state index contributed by atoms with van der Waals surface area (Å²) in [7, 11) is 1.73. The number of Topliss-reactive ketones (excluding diaryl/α,β-unsaturated/α-hetero) is 1. The van der Waals surface area contributed by atoms with E-state index < -0.39 is 0 Å². The number of piperazine rings is 1. The van der Waals surface area contributed by atoms with Crippen LogP contribution >= 0.6 is 0 Å². The molecule has 2 aliphatic heterocycles. The van der Waals surface area contributed by atoms with E-state index in [1.165, 1.54) is 24.9 Å². The number of benzene rings is 1. The van der Waals surface area contributed by atoms with Crippen LogP contribution < -0.4 is 9.64 Å². The molecule has 148 valence electrons. The minimum Gasteiger partial charge on any atom is -0.497 e. The van der Waals surface area contributed by atoms with E-state index in [2.05, 4.69) is 32.9 Å². The molecule has 1 aromatic carbocycles. The largest absolute Gasteiger partial charge is 0.497 e. The summed E-state index contributed by atoms with van der Waals surface area (Å²) in [6.45, 7) is 6.60. The van der Waals surface area contributed by atoms with E-state index in [-0.39, 0.29) is 6.04 Å². The Labute approximate surface area is 163 Å². The summed E-state index contributed by atoms with van der Waals surface area (Å²) in [5.74, 6) is 1.42. The summed E-state index contributed by atoms with van der Waals surface area (Å²) in [4.78, 5) is 19.8. The molecular weight excluding hydrogens is 338 g/mol. The normalized spacial score (nSPS) is 26.3. The van der Waals surface area contributed by atoms with E-state index >= 15 is 0 Å². The fourth-order valence-corrected chi connectivity index (χ4v) is 5.07. The van der Waals surface area contributed by atoms with E-state index in [0.717, 1.165) is 64.3 Å². The molecule has 1 aliphatic carbocycles. The lowest BCUT2D eigenvalue weighted by molar-refractivity contribution is -0.126. The molecule has 1 unspecified atom stereocenters. The lowest BCUT2D eigenvalue weighted by atomic mass is 9.90. The van der Waals surface area contributed by atoms with Crippen molar-refractivity contribution in [3.8, 4) is 5.75 Å². The molecule has 1 atom stereocenters. The van der Waals surface area contributed by atoms with Crippen molar-refractivity contribution in [1.29, 1.82) is 0 Å². The SMILES string of the molecule is COc1cccc(N2CCN(C3CCN(C4CCCCC4=O)CC3)CC2)c1. The Bertz CT molecular complexity index is 634. The minimum absolute atomic E-state index is 0.226. The number of hydrogen-bond donors (Lipinski definition) is 0. The number of carbonyl (C=O) groups excluding carboxylic acids is 1. The zero-order chi connectivity index (χ0) is 18.6. The summed E-state index contributed by atoms with van der Waals surface area (Å²) in [5, 5.41) is 0. The second-order valence-corrected chi connectivity index (χ2v) is 8.22. The summed E-state index contributed by atoms with van der Waals surface area (Å²) in [6.07, 6.45) is 6.64. The van der Waals surface area contributed by atoms with Crippen molar-refractivity contribution in [2.45, 2.75) is 50.6 Å². The van der Waals surface area contributed by atoms with Crippen LogP contribution in [0.5, 0.6) is 5.75 Å². The number of rotatable bonds is 4. The number of ketones is 1. The topological polar surface area (TPSA) is 36.0 Å². The highest BCUT2D eigenvalue weighted by Crippen LogP contribution is 2.27. The zero-order valence-corrected chi connectivity index (χ0v) is 16.6. The summed E-state index contributed by atoms with van der Waals surface area (Å²) >= 11 is 0. The predicted octanol–water partition coefficient (Wildman–Crippen LogP) is 2.79. The third-order valence-electron chi connectivity index (χ3n) is 6.71. The fourth-order valence-electron chi connectivity index (χ4n) is 5.07. The molecule has 5 nitrogen and oxygen atoms in total. The summed E-state index contributed by atoms with van der Waals surface area (Å²) in [5.41, 5.74) is 1.26. The maximum atomic E-state index is 12.2. The smallest absolute Gasteiger partial charge is 0.149 e. The first-order valence-corrected chi connectivity index (χ1v) is 10.6. The second-order valence-electron chi connectivity index (χ2n) is 8.22. The number of hydrogen-bond acceptors (Lipinski definition) is 5. The van der Waals surface area contributed by atoms with E-state index in [0.29, 0.717) is 11.8 Å². The van der Waals surface area contributed by atoms with Crippen LogP contribution in [-0.2, 0) is 4.79 Å². The van der Waals surface area contributed by atoms with E-state index in [9.17, 15) is 4.79 Å². The monoisotopic (exact) mass is 371 g/mol. The van der Waals surface area contributed by atoms with Crippen LogP contribution in [0.3, 0.4) is 0 Å². The molecular formula is C22H33N3O2. The molecule has 1 saturated carbocycles. The van der Waals surface area contributed by atoms with E-state index in [1.54, 1.807) is 7.11 Å². The molecule has 0 bridgehead atoms. The van der Waals surface area contributed by atoms with Gasteiger partial charge in [-0.25, -0.2) is 0 Å². The molecule has 4 rings (SSSR count). The number of ether oxygens (including phenoxy) is 1. The molecule has 2 saturated heterocycles. The van der Waals surface area contributed by atoms with E-state index in [1.807, 2.05) is 6.07 Å². The molecule has 27 heavy (non-hydrogen) atoms. The highest BCUT2D eigenvalue weighted by molar-refractivity contribution is 5.84. The van der Waals surface area contributed by atoms with Crippen molar-refractivity contribution in [2.75, 3.05) is 51.3 Å². The van der Waals surface area contributed by atoms with Gasteiger partial charge in [-0.1, -0.05) is 12.5 Å². The summed E-state index contributed by atoms with van der Waals surface area (Å²) in [6, 6.07) is 9.30. The Morgan fingerprint density at radius 3 is 2.41 bits per heavy atom. The Morgan fingerprint density at radius 1 is 0.926 bits per heavy atom. The molecule has 0 aromatic heterocycles. The van der Waals surface area contributed by atoms with Crippen molar-refractivity contribution in [1.82, 2.24) is 9.80 Å². The van der Waals surface area contributed by atoms with Crippen molar-refractivity contribution < 1.29 is 9.53 Å². The Morgan fingerprint density at radius 2 is 1.70 bits per heavy atom. The van der Waals surface area contributed by atoms with Crippen LogP contribution in [0.2, 0.25) is 0 Å². The number of piperidine rings is 1. The average Bonchev–Trinajstić information content (AvgIpc) is 2.74. The van der Waals surface area contributed by atoms with Crippen LogP contribution in [-0.4, -0.2) is 74.0 Å². The van der Waals surface area contributed by atoms with Crippen molar-refractivity contribution in [3.05, 3.63) is 24.3 Å². The molecule has 0 spiro atoms. The third-order valence-corrected chi connectivity index (χ3v) is 6.71. The van der Waals surface area contributed by atoms with Gasteiger partial charge in [0.25, 0.3) is 0 Å². The first-order valence-electron chi connectivity index (χ1n) is 10.6. The lowest BCUT2D eigenvalue weighted by Gasteiger charge is -2.45. The predicted molar refractivity (Wildman–Crippen MR) is 109 cm³/mol. The molecule has 2 heterocycles. The number of anilines is 1. The van der Waals surface area contributed by atoms with Gasteiger partial charge in [0, 0.05) is 63.5 Å². The number of methoxy groups -OCH3 is 1. The molecule has 0 amide bonds. The Hall–Kier alpha value is -1.59. The van der Waals surface area contributed by atoms with Crippen LogP contribution in [0.4, 0.5) is 5.69 Å². The van der Waals surface area contributed by atoms with Gasteiger partial charge in [0.05, 0.1) is 13.2 Å². The van der Waals surface area contributed by atoms with Gasteiger partial charge < -0.3 is 9.64 Å². The second kappa shape index (κ2) is 8.61. The van der Waals surface area contributed by atoms with Gasteiger partial charge in [-0.15, -0.1) is 0 Å². The van der Waals surface area contributed by atoms with Gasteiger partial charge in [0.15, 0.2) is 0 Å². The quantitative estimate of drug-likeness (QED) is 0.813. The Balaban J connectivity index is 1.26. The first kappa shape index (κ1) is 18.8. The average molecular weight is 372 g/mol. The van der Waals surface area contributed by atoms with Gasteiger partial charge in [-0.2, -0.15) is 0 Å². The molecule has 0 radical (unpaired) electrons. The van der Waals surface area contributed by atoms with Crippen molar-refractivity contribution in [2.24, 2.45) is 0 Å². The van der Waals surface area contributed by atoms with Gasteiger partial charge in [0.2, 0.25) is 0 Å². The standard InChI is InChI=1S/C22H33N3O2/c1-27-20-6-4-5-19(17-20)24-15-13-23(14-16-24)18-9-11-25(12-10-18)21-7-2-3-8-22(21)26/h4-6,17-18,21H,2-3,7-16H2,1H3. The molecule has 0 N–H and O–H groups in total. The first-order chi connectivity index (χ1) is 13.2. The van der Waals surface area contributed by atoms with Crippen LogP contribution in [0.1, 0.15) is 38.5 Å². The molecule has 3 aliphatic rings. The van der Waals surface area contributed by atoms with Crippen molar-refractivity contribution in [3.63, 3.8) is 0 Å². The zero-order valence-electron chi connectivity index (χ0n) is 16.6. The minimum atomic E-state index is 0.226. The molecule has 1 aromatic rings. The van der Waals surface area contributed by atoms with Crippen LogP contribution in [0.15, 0.2) is 24.3 Å². The number of likely N-dealkylation sites (tertiary alicyclic amines) is 1. The maximum absolute atomic E-state index is 12.2. The number of nitrogens with zero attached hydrogens (tertiary/aromatic N) is 3. The van der Waals surface area contributed by atoms with Gasteiger partial charge in [-0.3, -0.25) is 14.6 Å². The van der Waals surface area contributed by atoms with Gasteiger partial charge >= 0.3 is 0 Å². The fraction of sp³-hybridized carbons (Fsp3) is 0.682. The third kappa shape index (κ3) is 4.30. The van der Waals surface area contributed by atoms with E-state index in [4.69, 9.17) is 4.74 Å². The number of carbonyl (C=O) groups is 1. The highest BCUT2D eigenvalue weighted by atomic mass is 16.5. The van der Waals surface area contributed by atoms with Crippen LogP contribution in [0, 0.1) is 0 Å². The van der Waals surface area contributed by atoms with Gasteiger partial charge in [-0.05, 0) is 37.8 Å². The van der Waals surface area contributed by atoms with Gasteiger partial charge in [0.1, 0.15) is 11.5 Å². The maximum Gasteiger partial charge on any atom is 0.149 e.